The third-order valence-electron chi connectivity index (χ3n) is 6.28. The molecule has 2 heterocycles. The lowest BCUT2D eigenvalue weighted by atomic mass is 10.0. The van der Waals surface area contributed by atoms with Crippen molar-refractivity contribution in [2.45, 2.75) is 25.0 Å². The number of amides is 3. The van der Waals surface area contributed by atoms with Crippen molar-refractivity contribution in [3.8, 4) is 11.5 Å². The Morgan fingerprint density at radius 1 is 1.08 bits per heavy atom. The molecule has 1 aliphatic rings. The maximum atomic E-state index is 13.8. The fraction of sp³-hybridized carbons (Fsp3) is 0.321. The molecular formula is C28H30FN3O6S. The Hall–Kier alpha value is -3.96. The second kappa shape index (κ2) is 13.2. The van der Waals surface area contributed by atoms with E-state index in [-0.39, 0.29) is 18.3 Å². The summed E-state index contributed by atoms with van der Waals surface area (Å²) in [5, 5.41) is 7.28. The van der Waals surface area contributed by atoms with Crippen LogP contribution in [0.4, 0.5) is 10.1 Å². The average molecular weight is 556 g/mol. The van der Waals surface area contributed by atoms with Crippen LogP contribution in [0.25, 0.3) is 0 Å². The van der Waals surface area contributed by atoms with Crippen LogP contribution >= 0.6 is 11.3 Å². The molecule has 0 unspecified atom stereocenters. The van der Waals surface area contributed by atoms with Crippen LogP contribution in [-0.2, 0) is 14.3 Å². The number of methoxy groups -OCH3 is 2. The SMILES string of the molecule is COc1ccc([C@@H](C(=O)NC[C@@H]2CCCO2)N(C(=O)CNC(=O)c2cccs2)c2ccc(F)cc2)cc1OC. The highest BCUT2D eigenvalue weighted by molar-refractivity contribution is 7.12. The number of nitrogens with one attached hydrogen (secondary N) is 2. The van der Waals surface area contributed by atoms with Crippen molar-refractivity contribution in [2.24, 2.45) is 0 Å². The van der Waals surface area contributed by atoms with E-state index in [0.29, 0.717) is 28.5 Å². The minimum absolute atomic E-state index is 0.125. The molecule has 2 N–H and O–H groups in total. The molecule has 2 aromatic carbocycles. The molecule has 0 aliphatic carbocycles. The number of ether oxygens (including phenoxy) is 3. The Bertz CT molecular complexity index is 1280. The highest BCUT2D eigenvalue weighted by Crippen LogP contribution is 2.34. The number of thiophene rings is 1. The van der Waals surface area contributed by atoms with Gasteiger partial charge in [-0.3, -0.25) is 19.3 Å². The zero-order valence-electron chi connectivity index (χ0n) is 21.6. The highest BCUT2D eigenvalue weighted by Gasteiger charge is 2.34. The summed E-state index contributed by atoms with van der Waals surface area (Å²) in [5.41, 5.74) is 0.707. The van der Waals surface area contributed by atoms with E-state index < -0.39 is 36.1 Å². The van der Waals surface area contributed by atoms with Crippen molar-refractivity contribution < 1.29 is 33.0 Å². The Labute approximate surface area is 229 Å². The van der Waals surface area contributed by atoms with Gasteiger partial charge < -0.3 is 24.8 Å². The van der Waals surface area contributed by atoms with Crippen molar-refractivity contribution in [1.29, 1.82) is 0 Å². The molecule has 1 saturated heterocycles. The van der Waals surface area contributed by atoms with Gasteiger partial charge in [0.15, 0.2) is 11.5 Å². The lowest BCUT2D eigenvalue weighted by Crippen LogP contribution is -2.48. The molecule has 39 heavy (non-hydrogen) atoms. The number of anilines is 1. The van der Waals surface area contributed by atoms with Gasteiger partial charge in [0.05, 0.1) is 31.7 Å². The van der Waals surface area contributed by atoms with E-state index in [4.69, 9.17) is 14.2 Å². The summed E-state index contributed by atoms with van der Waals surface area (Å²) in [4.78, 5) is 41.7. The quantitative estimate of drug-likeness (QED) is 0.374. The normalized spacial score (nSPS) is 15.3. The first kappa shape index (κ1) is 28.1. The zero-order chi connectivity index (χ0) is 27.8. The lowest BCUT2D eigenvalue weighted by Gasteiger charge is -2.32. The smallest absolute Gasteiger partial charge is 0.261 e. The summed E-state index contributed by atoms with van der Waals surface area (Å²) in [6, 6.07) is 12.3. The Kier molecular flexibility index (Phi) is 9.50. The van der Waals surface area contributed by atoms with Crippen LogP contribution in [0.3, 0.4) is 0 Å². The zero-order valence-corrected chi connectivity index (χ0v) is 22.5. The summed E-state index contributed by atoms with van der Waals surface area (Å²) in [5.74, 6) is -1.14. The molecule has 4 rings (SSSR count). The molecule has 3 amide bonds. The molecule has 1 aliphatic heterocycles. The number of rotatable bonds is 11. The van der Waals surface area contributed by atoms with E-state index in [2.05, 4.69) is 10.6 Å². The first-order valence-corrected chi connectivity index (χ1v) is 13.3. The standard InChI is InChI=1S/C28H30FN3O6S/c1-36-22-12-7-18(15-23(22)37-2)26(28(35)30-16-21-5-3-13-38-21)32(20-10-8-19(29)9-11-20)25(33)17-31-27(34)24-6-4-14-39-24/h4,6-12,14-15,21,26H,3,5,13,16-17H2,1-2H3,(H,30,35)(H,31,34)/t21-,26-/m0/s1. The molecule has 3 aromatic rings. The first-order valence-electron chi connectivity index (χ1n) is 12.4. The van der Waals surface area contributed by atoms with E-state index >= 15 is 0 Å². The summed E-state index contributed by atoms with van der Waals surface area (Å²) in [6.45, 7) is 0.504. The molecule has 11 heteroatoms. The third kappa shape index (κ3) is 6.92. The number of benzene rings is 2. The molecule has 206 valence electrons. The molecule has 9 nitrogen and oxygen atoms in total. The van der Waals surface area contributed by atoms with Gasteiger partial charge in [0, 0.05) is 18.8 Å². The van der Waals surface area contributed by atoms with Crippen molar-refractivity contribution in [2.75, 3.05) is 38.8 Å². The highest BCUT2D eigenvalue weighted by atomic mass is 32.1. The largest absolute Gasteiger partial charge is 0.493 e. The number of carbonyl (C=O) groups is 3. The van der Waals surface area contributed by atoms with Crippen LogP contribution in [0.5, 0.6) is 11.5 Å². The van der Waals surface area contributed by atoms with Gasteiger partial charge in [-0.15, -0.1) is 11.3 Å². The Morgan fingerprint density at radius 2 is 1.85 bits per heavy atom. The maximum absolute atomic E-state index is 13.8. The van der Waals surface area contributed by atoms with Gasteiger partial charge in [0.2, 0.25) is 11.8 Å². The summed E-state index contributed by atoms with van der Waals surface area (Å²) < 4.78 is 30.3. The van der Waals surface area contributed by atoms with E-state index in [0.717, 1.165) is 12.8 Å². The van der Waals surface area contributed by atoms with Gasteiger partial charge in [-0.1, -0.05) is 12.1 Å². The van der Waals surface area contributed by atoms with Crippen molar-refractivity contribution in [3.05, 3.63) is 76.2 Å². The second-order valence-electron chi connectivity index (χ2n) is 8.80. The fourth-order valence-electron chi connectivity index (χ4n) is 4.33. The van der Waals surface area contributed by atoms with E-state index in [1.165, 1.54) is 54.7 Å². The summed E-state index contributed by atoms with van der Waals surface area (Å²) in [7, 11) is 2.96. The molecule has 1 fully saturated rings. The van der Waals surface area contributed by atoms with Gasteiger partial charge in [0.25, 0.3) is 5.91 Å². The van der Waals surface area contributed by atoms with E-state index in [1.54, 1.807) is 35.7 Å². The lowest BCUT2D eigenvalue weighted by molar-refractivity contribution is -0.126. The minimum Gasteiger partial charge on any atom is -0.493 e. The molecule has 1 aromatic heterocycles. The van der Waals surface area contributed by atoms with Gasteiger partial charge >= 0.3 is 0 Å². The molecular weight excluding hydrogens is 525 g/mol. The summed E-state index contributed by atoms with van der Waals surface area (Å²) in [6.07, 6.45) is 1.60. The topological polar surface area (TPSA) is 106 Å². The molecule has 2 atom stereocenters. The van der Waals surface area contributed by atoms with Crippen molar-refractivity contribution in [1.82, 2.24) is 10.6 Å². The predicted molar refractivity (Wildman–Crippen MR) is 145 cm³/mol. The number of halogens is 1. The fourth-order valence-corrected chi connectivity index (χ4v) is 4.97. The van der Waals surface area contributed by atoms with Crippen LogP contribution < -0.4 is 25.0 Å². The molecule has 0 spiro atoms. The molecule has 0 radical (unpaired) electrons. The van der Waals surface area contributed by atoms with E-state index in [9.17, 15) is 18.8 Å². The van der Waals surface area contributed by atoms with Crippen LogP contribution in [-0.4, -0.2) is 57.7 Å². The van der Waals surface area contributed by atoms with Crippen LogP contribution in [0, 0.1) is 5.82 Å². The summed E-state index contributed by atoms with van der Waals surface area (Å²) >= 11 is 1.24. The van der Waals surface area contributed by atoms with Gasteiger partial charge in [-0.05, 0) is 66.2 Å². The Morgan fingerprint density at radius 3 is 2.49 bits per heavy atom. The van der Waals surface area contributed by atoms with Gasteiger partial charge in [-0.2, -0.15) is 0 Å². The third-order valence-corrected chi connectivity index (χ3v) is 7.15. The van der Waals surface area contributed by atoms with E-state index in [1.807, 2.05) is 0 Å². The Balaban J connectivity index is 1.70. The number of hydrogen-bond acceptors (Lipinski definition) is 7. The monoisotopic (exact) mass is 555 g/mol. The number of nitrogens with zero attached hydrogens (tertiary/aromatic N) is 1. The van der Waals surface area contributed by atoms with Crippen molar-refractivity contribution >= 4 is 34.7 Å². The van der Waals surface area contributed by atoms with Crippen LogP contribution in [0.15, 0.2) is 60.0 Å². The van der Waals surface area contributed by atoms with Gasteiger partial charge in [-0.25, -0.2) is 4.39 Å². The average Bonchev–Trinajstić information content (AvgIpc) is 3.68. The first-order chi connectivity index (χ1) is 18.9. The van der Waals surface area contributed by atoms with Gasteiger partial charge in [0.1, 0.15) is 11.9 Å². The van der Waals surface area contributed by atoms with Crippen molar-refractivity contribution in [3.63, 3.8) is 0 Å². The number of hydrogen-bond donors (Lipinski definition) is 2. The second-order valence-corrected chi connectivity index (χ2v) is 9.74. The van der Waals surface area contributed by atoms with Crippen LogP contribution in [0.1, 0.15) is 34.1 Å². The minimum atomic E-state index is -1.18. The maximum Gasteiger partial charge on any atom is 0.261 e. The predicted octanol–water partition coefficient (Wildman–Crippen LogP) is 3.70. The molecule has 0 bridgehead atoms. The molecule has 0 saturated carbocycles. The van der Waals surface area contributed by atoms with Crippen LogP contribution in [0.2, 0.25) is 0 Å². The number of carbonyl (C=O) groups excluding carboxylic acids is 3.